The molecule has 0 heterocycles. The molecule has 0 aromatic rings. The van der Waals surface area contributed by atoms with Crippen molar-refractivity contribution < 1.29 is 9.47 Å². The minimum absolute atomic E-state index is 0.174. The van der Waals surface area contributed by atoms with Gasteiger partial charge in [-0.25, -0.2) is 0 Å². The van der Waals surface area contributed by atoms with E-state index in [0.717, 1.165) is 6.42 Å². The predicted molar refractivity (Wildman–Crippen MR) is 37.2 cm³/mol. The number of ether oxygens (including phenoxy) is 2. The van der Waals surface area contributed by atoms with Crippen LogP contribution in [-0.4, -0.2) is 19.8 Å². The van der Waals surface area contributed by atoms with Gasteiger partial charge in [-0.15, -0.1) is 0 Å². The van der Waals surface area contributed by atoms with Crippen molar-refractivity contribution in [2.75, 3.05) is 13.7 Å². The van der Waals surface area contributed by atoms with E-state index in [0.29, 0.717) is 6.61 Å². The summed E-state index contributed by atoms with van der Waals surface area (Å²) in [6.07, 6.45) is 2.58. The fourth-order valence-electron chi connectivity index (χ4n) is 0.575. The van der Waals surface area contributed by atoms with Gasteiger partial charge in [-0.2, -0.15) is 0 Å². The molecule has 9 heavy (non-hydrogen) atoms. The molecule has 1 atom stereocenters. The van der Waals surface area contributed by atoms with E-state index in [1.165, 1.54) is 6.26 Å². The zero-order valence-electron chi connectivity index (χ0n) is 6.09. The third kappa shape index (κ3) is 4.03. The molecule has 0 rings (SSSR count). The molecule has 2 heteroatoms. The Morgan fingerprint density at radius 1 is 1.67 bits per heavy atom. The molecule has 0 aliphatic carbocycles. The molecule has 2 nitrogen and oxygen atoms in total. The SMILES string of the molecule is C=COC(CC)COC. The van der Waals surface area contributed by atoms with Crippen molar-refractivity contribution in [3.8, 4) is 0 Å². The molecule has 0 amide bonds. The van der Waals surface area contributed by atoms with Crippen LogP contribution in [0.5, 0.6) is 0 Å². The number of rotatable bonds is 5. The molecule has 0 aromatic heterocycles. The molecule has 0 aliphatic rings. The Balaban J connectivity index is 3.28. The van der Waals surface area contributed by atoms with E-state index in [1.54, 1.807) is 7.11 Å². The van der Waals surface area contributed by atoms with Crippen LogP contribution in [0.1, 0.15) is 13.3 Å². The van der Waals surface area contributed by atoms with Gasteiger partial charge in [0.05, 0.1) is 12.9 Å². The lowest BCUT2D eigenvalue weighted by Gasteiger charge is -2.11. The fourth-order valence-corrected chi connectivity index (χ4v) is 0.575. The van der Waals surface area contributed by atoms with E-state index in [4.69, 9.17) is 9.47 Å². The Morgan fingerprint density at radius 3 is 2.67 bits per heavy atom. The number of methoxy groups -OCH3 is 1. The summed E-state index contributed by atoms with van der Waals surface area (Å²) in [5, 5.41) is 0. The summed E-state index contributed by atoms with van der Waals surface area (Å²) in [5.74, 6) is 0. The predicted octanol–water partition coefficient (Wildman–Crippen LogP) is 1.57. The van der Waals surface area contributed by atoms with Gasteiger partial charge in [0.1, 0.15) is 6.10 Å². The lowest BCUT2D eigenvalue weighted by atomic mass is 10.3. The second kappa shape index (κ2) is 5.63. The Hall–Kier alpha value is -0.500. The van der Waals surface area contributed by atoms with Crippen LogP contribution >= 0.6 is 0 Å². The van der Waals surface area contributed by atoms with Crippen LogP contribution in [0.3, 0.4) is 0 Å². The molecule has 0 bridgehead atoms. The number of hydrogen-bond donors (Lipinski definition) is 0. The maximum atomic E-state index is 5.07. The third-order valence-corrected chi connectivity index (χ3v) is 1.10. The van der Waals surface area contributed by atoms with E-state index in [2.05, 4.69) is 6.58 Å². The Labute approximate surface area is 56.5 Å². The summed E-state index contributed by atoms with van der Waals surface area (Å²) in [6, 6.07) is 0. The summed E-state index contributed by atoms with van der Waals surface area (Å²) in [4.78, 5) is 0. The van der Waals surface area contributed by atoms with Gasteiger partial charge in [-0.1, -0.05) is 13.5 Å². The molecule has 0 aromatic carbocycles. The molecular weight excluding hydrogens is 116 g/mol. The van der Waals surface area contributed by atoms with Crippen LogP contribution in [0.25, 0.3) is 0 Å². The first-order valence-corrected chi connectivity index (χ1v) is 3.10. The molecule has 0 fully saturated rings. The molecule has 1 unspecified atom stereocenters. The third-order valence-electron chi connectivity index (χ3n) is 1.10. The van der Waals surface area contributed by atoms with Crippen LogP contribution in [0.2, 0.25) is 0 Å². The summed E-state index contributed by atoms with van der Waals surface area (Å²) < 4.78 is 9.95. The summed E-state index contributed by atoms with van der Waals surface area (Å²) in [5.41, 5.74) is 0. The van der Waals surface area contributed by atoms with E-state index < -0.39 is 0 Å². The van der Waals surface area contributed by atoms with Gasteiger partial charge in [-0.3, -0.25) is 0 Å². The van der Waals surface area contributed by atoms with Crippen molar-refractivity contribution in [3.63, 3.8) is 0 Å². The van der Waals surface area contributed by atoms with E-state index in [1.807, 2.05) is 6.92 Å². The van der Waals surface area contributed by atoms with Gasteiger partial charge in [0.15, 0.2) is 0 Å². The first-order chi connectivity index (χ1) is 4.35. The maximum Gasteiger partial charge on any atom is 0.121 e. The topological polar surface area (TPSA) is 18.5 Å². The van der Waals surface area contributed by atoms with Crippen molar-refractivity contribution in [3.05, 3.63) is 12.8 Å². The van der Waals surface area contributed by atoms with Gasteiger partial charge in [0.2, 0.25) is 0 Å². The zero-order chi connectivity index (χ0) is 7.11. The van der Waals surface area contributed by atoms with Gasteiger partial charge in [0, 0.05) is 7.11 Å². The summed E-state index contributed by atoms with van der Waals surface area (Å²) >= 11 is 0. The van der Waals surface area contributed by atoms with Crippen molar-refractivity contribution in [2.24, 2.45) is 0 Å². The minimum Gasteiger partial charge on any atom is -0.496 e. The Bertz CT molecular complexity index is 71.3. The van der Waals surface area contributed by atoms with E-state index in [-0.39, 0.29) is 6.10 Å². The number of hydrogen-bond acceptors (Lipinski definition) is 2. The van der Waals surface area contributed by atoms with Crippen molar-refractivity contribution >= 4 is 0 Å². The minimum atomic E-state index is 0.174. The van der Waals surface area contributed by atoms with Crippen LogP contribution < -0.4 is 0 Å². The van der Waals surface area contributed by atoms with E-state index >= 15 is 0 Å². The first kappa shape index (κ1) is 8.50. The molecule has 0 N–H and O–H groups in total. The highest BCUT2D eigenvalue weighted by atomic mass is 16.5. The Morgan fingerprint density at radius 2 is 2.33 bits per heavy atom. The highest BCUT2D eigenvalue weighted by molar-refractivity contribution is 4.58. The molecule has 0 aliphatic heterocycles. The lowest BCUT2D eigenvalue weighted by molar-refractivity contribution is 0.0499. The lowest BCUT2D eigenvalue weighted by Crippen LogP contribution is -2.14. The first-order valence-electron chi connectivity index (χ1n) is 3.10. The second-order valence-electron chi connectivity index (χ2n) is 1.79. The van der Waals surface area contributed by atoms with Crippen LogP contribution in [-0.2, 0) is 9.47 Å². The molecular formula is C7H14O2. The van der Waals surface area contributed by atoms with Gasteiger partial charge < -0.3 is 9.47 Å². The van der Waals surface area contributed by atoms with Crippen molar-refractivity contribution in [2.45, 2.75) is 19.4 Å². The smallest absolute Gasteiger partial charge is 0.121 e. The highest BCUT2D eigenvalue weighted by Gasteiger charge is 2.01. The maximum absolute atomic E-state index is 5.07. The van der Waals surface area contributed by atoms with Crippen molar-refractivity contribution in [1.29, 1.82) is 0 Å². The van der Waals surface area contributed by atoms with E-state index in [9.17, 15) is 0 Å². The molecule has 0 saturated carbocycles. The Kier molecular flexibility index (Phi) is 5.32. The van der Waals surface area contributed by atoms with Crippen molar-refractivity contribution in [1.82, 2.24) is 0 Å². The zero-order valence-corrected chi connectivity index (χ0v) is 6.09. The standard InChI is InChI=1S/C7H14O2/c1-4-7(6-8-3)9-5-2/h5,7H,2,4,6H2,1,3H3. The quantitative estimate of drug-likeness (QED) is 0.526. The highest BCUT2D eigenvalue weighted by Crippen LogP contribution is 1.97. The van der Waals surface area contributed by atoms with Gasteiger partial charge >= 0.3 is 0 Å². The van der Waals surface area contributed by atoms with Gasteiger partial charge in [-0.05, 0) is 6.42 Å². The van der Waals surface area contributed by atoms with Crippen LogP contribution in [0.4, 0.5) is 0 Å². The largest absolute Gasteiger partial charge is 0.496 e. The molecule has 0 radical (unpaired) electrons. The molecule has 0 saturated heterocycles. The molecule has 54 valence electrons. The average molecular weight is 130 g/mol. The summed E-state index contributed by atoms with van der Waals surface area (Å²) in [6.45, 7) is 6.14. The average Bonchev–Trinajstić information content (AvgIpc) is 1.88. The fraction of sp³-hybridized carbons (Fsp3) is 0.714. The summed E-state index contributed by atoms with van der Waals surface area (Å²) in [7, 11) is 1.66. The van der Waals surface area contributed by atoms with Gasteiger partial charge in [0.25, 0.3) is 0 Å². The normalized spacial score (nSPS) is 12.7. The monoisotopic (exact) mass is 130 g/mol. The molecule has 0 spiro atoms. The second-order valence-corrected chi connectivity index (χ2v) is 1.79. The van der Waals surface area contributed by atoms with Crippen LogP contribution in [0, 0.1) is 0 Å². The van der Waals surface area contributed by atoms with Crippen LogP contribution in [0.15, 0.2) is 12.8 Å².